The summed E-state index contributed by atoms with van der Waals surface area (Å²) in [7, 11) is 0. The first kappa shape index (κ1) is 17.7. The summed E-state index contributed by atoms with van der Waals surface area (Å²) in [5.74, 6) is 2.18. The molecule has 0 aromatic carbocycles. The zero-order valence-corrected chi connectivity index (χ0v) is 14.8. The normalized spacial score (nSPS) is 23.9. The maximum Gasteiger partial charge on any atom is 0.146 e. The van der Waals surface area contributed by atoms with Gasteiger partial charge in [-0.25, -0.2) is 0 Å². The van der Waals surface area contributed by atoms with Crippen LogP contribution in [0, 0.1) is 5.92 Å². The number of rotatable bonds is 2. The largest absolute Gasteiger partial charge is 0.461 e. The molecule has 1 heterocycles. The number of Topliss-reactive ketones (excluding diaryl/α,β-unsaturated/α-hetero) is 1. The van der Waals surface area contributed by atoms with Crippen molar-refractivity contribution in [2.45, 2.75) is 72.1 Å². The lowest BCUT2D eigenvalue weighted by Gasteiger charge is -2.29. The van der Waals surface area contributed by atoms with Gasteiger partial charge in [-0.05, 0) is 43.2 Å². The molecule has 0 saturated heterocycles. The van der Waals surface area contributed by atoms with Crippen molar-refractivity contribution in [1.82, 2.24) is 0 Å². The van der Waals surface area contributed by atoms with Gasteiger partial charge in [0.25, 0.3) is 0 Å². The Morgan fingerprint density at radius 2 is 2.00 bits per heavy atom. The number of aldehydes is 1. The van der Waals surface area contributed by atoms with Gasteiger partial charge in [0.1, 0.15) is 23.6 Å². The minimum Gasteiger partial charge on any atom is -0.461 e. The van der Waals surface area contributed by atoms with Crippen LogP contribution in [0.5, 0.6) is 0 Å². The van der Waals surface area contributed by atoms with Crippen LogP contribution in [0.25, 0.3) is 5.57 Å². The third-order valence-corrected chi connectivity index (χ3v) is 4.99. The van der Waals surface area contributed by atoms with E-state index in [4.69, 9.17) is 4.42 Å². The summed E-state index contributed by atoms with van der Waals surface area (Å²) in [4.78, 5) is 23.8. The number of carbonyl (C=O) groups is 2. The Morgan fingerprint density at radius 3 is 2.65 bits per heavy atom. The molecule has 0 bridgehead atoms. The molecule has 0 aliphatic heterocycles. The molecular formula is C20H28O3. The summed E-state index contributed by atoms with van der Waals surface area (Å²) in [6.07, 6.45) is 6.17. The highest BCUT2D eigenvalue weighted by molar-refractivity contribution is 5.93. The molecule has 3 nitrogen and oxygen atoms in total. The Bertz CT molecular complexity index is 606. The van der Waals surface area contributed by atoms with Crippen LogP contribution < -0.4 is 0 Å². The van der Waals surface area contributed by atoms with Crippen molar-refractivity contribution in [3.05, 3.63) is 28.7 Å². The van der Waals surface area contributed by atoms with Crippen molar-refractivity contribution in [3.8, 4) is 0 Å². The van der Waals surface area contributed by atoms with Gasteiger partial charge in [-0.1, -0.05) is 27.7 Å². The van der Waals surface area contributed by atoms with E-state index in [0.29, 0.717) is 12.3 Å². The van der Waals surface area contributed by atoms with Crippen LogP contribution in [0.15, 0.2) is 16.1 Å². The first-order chi connectivity index (χ1) is 11.2. The molecule has 3 heteroatoms. The molecule has 2 atom stereocenters. The summed E-state index contributed by atoms with van der Waals surface area (Å²) >= 11 is 0. The van der Waals surface area contributed by atoms with Crippen molar-refractivity contribution in [2.75, 3.05) is 0 Å². The van der Waals surface area contributed by atoms with E-state index in [-0.39, 0.29) is 11.7 Å². The molecule has 1 aromatic heterocycles. The highest BCUT2D eigenvalue weighted by Crippen LogP contribution is 2.44. The molecule has 0 spiro atoms. The van der Waals surface area contributed by atoms with E-state index in [0.717, 1.165) is 66.6 Å². The Hall–Kier alpha value is -1.64. The van der Waals surface area contributed by atoms with Crippen LogP contribution in [0.1, 0.15) is 82.8 Å². The minimum atomic E-state index is -0.132. The van der Waals surface area contributed by atoms with E-state index in [9.17, 15) is 9.59 Å². The molecule has 2 aliphatic carbocycles. The molecule has 3 rings (SSSR count). The molecule has 23 heavy (non-hydrogen) atoms. The Morgan fingerprint density at radius 1 is 1.26 bits per heavy atom. The van der Waals surface area contributed by atoms with Crippen LogP contribution >= 0.6 is 0 Å². The van der Waals surface area contributed by atoms with Crippen LogP contribution in [0.4, 0.5) is 0 Å². The van der Waals surface area contributed by atoms with Gasteiger partial charge < -0.3 is 4.42 Å². The predicted octanol–water partition coefficient (Wildman–Crippen LogP) is 5.09. The third-order valence-electron chi connectivity index (χ3n) is 4.99. The van der Waals surface area contributed by atoms with E-state index >= 15 is 0 Å². The van der Waals surface area contributed by atoms with Crippen LogP contribution in [-0.4, -0.2) is 12.1 Å². The lowest BCUT2D eigenvalue weighted by molar-refractivity contribution is -0.120. The molecule has 126 valence electrons. The fourth-order valence-electron chi connectivity index (χ4n) is 3.69. The van der Waals surface area contributed by atoms with E-state index in [1.807, 2.05) is 33.8 Å². The van der Waals surface area contributed by atoms with Gasteiger partial charge in [-0.2, -0.15) is 0 Å². The predicted molar refractivity (Wildman–Crippen MR) is 92.4 cm³/mol. The van der Waals surface area contributed by atoms with Gasteiger partial charge in [-0.3, -0.25) is 9.59 Å². The topological polar surface area (TPSA) is 47.3 Å². The van der Waals surface area contributed by atoms with Crippen LogP contribution in [0.2, 0.25) is 0 Å². The van der Waals surface area contributed by atoms with E-state index in [2.05, 4.69) is 0 Å². The summed E-state index contributed by atoms with van der Waals surface area (Å²) in [5.41, 5.74) is 2.95. The Labute approximate surface area is 139 Å². The molecule has 0 radical (unpaired) electrons. The SMILES string of the molecule is CC.CCc1cc2c(o1)C1=C(C=O)CCCC1CCC(=O)C2C. The Kier molecular flexibility index (Phi) is 5.97. The number of furan rings is 1. The maximum atomic E-state index is 12.3. The highest BCUT2D eigenvalue weighted by atomic mass is 16.3. The van der Waals surface area contributed by atoms with Crippen molar-refractivity contribution in [3.63, 3.8) is 0 Å². The average Bonchev–Trinajstić information content (AvgIpc) is 3.03. The van der Waals surface area contributed by atoms with Crippen LogP contribution in [0.3, 0.4) is 0 Å². The number of fused-ring (bicyclic) bond motifs is 3. The quantitative estimate of drug-likeness (QED) is 0.714. The molecule has 2 unspecified atom stereocenters. The molecular weight excluding hydrogens is 288 g/mol. The first-order valence-electron chi connectivity index (χ1n) is 8.99. The second-order valence-corrected chi connectivity index (χ2v) is 6.22. The Balaban J connectivity index is 0.000000924. The molecule has 1 aromatic rings. The number of hydrogen-bond donors (Lipinski definition) is 0. The number of carbonyl (C=O) groups excluding carboxylic acids is 2. The number of ketones is 1. The lowest BCUT2D eigenvalue weighted by Crippen LogP contribution is -2.20. The monoisotopic (exact) mass is 316 g/mol. The zero-order chi connectivity index (χ0) is 17.0. The minimum absolute atomic E-state index is 0.132. The van der Waals surface area contributed by atoms with Gasteiger partial charge in [0.05, 0.1) is 0 Å². The second-order valence-electron chi connectivity index (χ2n) is 6.22. The number of hydrogen-bond acceptors (Lipinski definition) is 3. The van der Waals surface area contributed by atoms with Crippen molar-refractivity contribution < 1.29 is 14.0 Å². The highest BCUT2D eigenvalue weighted by Gasteiger charge is 2.34. The van der Waals surface area contributed by atoms with E-state index in [1.165, 1.54) is 0 Å². The summed E-state index contributed by atoms with van der Waals surface area (Å²) in [6, 6.07) is 2.02. The standard InChI is InChI=1S/C18H22O3.C2H6/c1-3-14-9-15-11(2)16(20)8-7-12-5-4-6-13(10-19)17(12)18(15)21-14;1-2/h9-12H,3-8H2,1-2H3;1-2H3. The van der Waals surface area contributed by atoms with Gasteiger partial charge >= 0.3 is 0 Å². The molecule has 0 amide bonds. The van der Waals surface area contributed by atoms with Gasteiger partial charge in [0.2, 0.25) is 0 Å². The average molecular weight is 316 g/mol. The lowest BCUT2D eigenvalue weighted by atomic mass is 9.74. The molecule has 2 aliphatic rings. The van der Waals surface area contributed by atoms with E-state index < -0.39 is 0 Å². The van der Waals surface area contributed by atoms with Gasteiger partial charge in [-0.15, -0.1) is 0 Å². The summed E-state index contributed by atoms with van der Waals surface area (Å²) < 4.78 is 6.04. The smallest absolute Gasteiger partial charge is 0.146 e. The summed E-state index contributed by atoms with van der Waals surface area (Å²) in [6.45, 7) is 8.01. The van der Waals surface area contributed by atoms with Gasteiger partial charge in [0, 0.05) is 29.9 Å². The first-order valence-corrected chi connectivity index (χ1v) is 8.99. The molecule has 0 saturated carbocycles. The molecule has 0 fully saturated rings. The zero-order valence-electron chi connectivity index (χ0n) is 14.8. The number of aryl methyl sites for hydroxylation is 1. The maximum absolute atomic E-state index is 12.3. The van der Waals surface area contributed by atoms with Crippen molar-refractivity contribution in [1.29, 1.82) is 0 Å². The van der Waals surface area contributed by atoms with E-state index in [1.54, 1.807) is 0 Å². The summed E-state index contributed by atoms with van der Waals surface area (Å²) in [5, 5.41) is 0. The second kappa shape index (κ2) is 7.76. The fraction of sp³-hybridized carbons (Fsp3) is 0.600. The van der Waals surface area contributed by atoms with Crippen LogP contribution in [-0.2, 0) is 16.0 Å². The van der Waals surface area contributed by atoms with Crippen molar-refractivity contribution in [2.24, 2.45) is 5.92 Å². The van der Waals surface area contributed by atoms with Gasteiger partial charge in [0.15, 0.2) is 0 Å². The molecule has 0 N–H and O–H groups in total. The third kappa shape index (κ3) is 3.34. The number of allylic oxidation sites excluding steroid dienone is 2. The van der Waals surface area contributed by atoms with Crippen molar-refractivity contribution >= 4 is 17.6 Å². The fourth-order valence-corrected chi connectivity index (χ4v) is 3.69.